The highest BCUT2D eigenvalue weighted by Gasteiger charge is 2.27. The first-order valence-electron chi connectivity index (χ1n) is 4.43. The summed E-state index contributed by atoms with van der Waals surface area (Å²) in [7, 11) is 0. The third kappa shape index (κ3) is 1.18. The lowest BCUT2D eigenvalue weighted by Crippen LogP contribution is -2.20. The molecule has 0 nitrogen and oxygen atoms in total. The standard InChI is InChI=1S/C11H14/c1-9-7-8-11(9)10-5-3-2-4-6-10/h2-6,9,11H,7-8H2,1H3/t9-,11-/m0/s1. The van der Waals surface area contributed by atoms with E-state index in [0.717, 1.165) is 11.8 Å². The maximum absolute atomic E-state index is 2.35. The van der Waals surface area contributed by atoms with Crippen molar-refractivity contribution in [3.63, 3.8) is 0 Å². The summed E-state index contributed by atoms with van der Waals surface area (Å²) in [5, 5.41) is 0. The van der Waals surface area contributed by atoms with Crippen LogP contribution in [0.25, 0.3) is 0 Å². The maximum Gasteiger partial charge on any atom is -0.0136 e. The van der Waals surface area contributed by atoms with Gasteiger partial charge in [-0.25, -0.2) is 0 Å². The summed E-state index contributed by atoms with van der Waals surface area (Å²) in [6.45, 7) is 2.35. The van der Waals surface area contributed by atoms with Crippen molar-refractivity contribution >= 4 is 0 Å². The fourth-order valence-electron chi connectivity index (χ4n) is 1.86. The van der Waals surface area contributed by atoms with Crippen LogP contribution < -0.4 is 0 Å². The molecule has 0 heteroatoms. The Hall–Kier alpha value is -0.780. The summed E-state index contributed by atoms with van der Waals surface area (Å²) in [6.07, 6.45) is 2.81. The van der Waals surface area contributed by atoms with E-state index in [1.54, 1.807) is 0 Å². The van der Waals surface area contributed by atoms with Crippen molar-refractivity contribution in [2.45, 2.75) is 25.7 Å². The number of hydrogen-bond donors (Lipinski definition) is 0. The van der Waals surface area contributed by atoms with Crippen molar-refractivity contribution in [2.24, 2.45) is 5.92 Å². The molecule has 0 unspecified atom stereocenters. The van der Waals surface area contributed by atoms with E-state index in [4.69, 9.17) is 0 Å². The van der Waals surface area contributed by atoms with E-state index in [0.29, 0.717) is 0 Å². The van der Waals surface area contributed by atoms with Gasteiger partial charge in [-0.1, -0.05) is 37.3 Å². The van der Waals surface area contributed by atoms with E-state index in [2.05, 4.69) is 37.3 Å². The van der Waals surface area contributed by atoms with Gasteiger partial charge in [0.05, 0.1) is 0 Å². The van der Waals surface area contributed by atoms with Gasteiger partial charge in [-0.05, 0) is 30.2 Å². The van der Waals surface area contributed by atoms with Crippen molar-refractivity contribution in [3.05, 3.63) is 35.9 Å². The fraction of sp³-hybridized carbons (Fsp3) is 0.455. The lowest BCUT2D eigenvalue weighted by atomic mass is 9.71. The minimum Gasteiger partial charge on any atom is -0.0622 e. The molecule has 1 aromatic carbocycles. The maximum atomic E-state index is 2.35. The van der Waals surface area contributed by atoms with Crippen molar-refractivity contribution in [1.29, 1.82) is 0 Å². The molecule has 1 fully saturated rings. The summed E-state index contributed by atoms with van der Waals surface area (Å²) in [5.74, 6) is 1.77. The van der Waals surface area contributed by atoms with Crippen LogP contribution in [0, 0.1) is 5.92 Å². The molecule has 0 N–H and O–H groups in total. The molecule has 0 amide bonds. The van der Waals surface area contributed by atoms with E-state index >= 15 is 0 Å². The predicted molar refractivity (Wildman–Crippen MR) is 47.6 cm³/mol. The molecule has 2 atom stereocenters. The highest BCUT2D eigenvalue weighted by molar-refractivity contribution is 5.22. The third-order valence-electron chi connectivity index (χ3n) is 2.85. The van der Waals surface area contributed by atoms with Crippen molar-refractivity contribution < 1.29 is 0 Å². The van der Waals surface area contributed by atoms with Gasteiger partial charge in [0, 0.05) is 0 Å². The van der Waals surface area contributed by atoms with Crippen LogP contribution in [-0.4, -0.2) is 0 Å². The first-order valence-corrected chi connectivity index (χ1v) is 4.43. The molecule has 58 valence electrons. The molecule has 0 bridgehead atoms. The Labute approximate surface area is 68.3 Å². The van der Waals surface area contributed by atoms with E-state index < -0.39 is 0 Å². The summed E-state index contributed by atoms with van der Waals surface area (Å²) < 4.78 is 0. The predicted octanol–water partition coefficient (Wildman–Crippen LogP) is 3.20. The lowest BCUT2D eigenvalue weighted by molar-refractivity contribution is 0.280. The summed E-state index contributed by atoms with van der Waals surface area (Å²) in [6, 6.07) is 10.9. The zero-order chi connectivity index (χ0) is 7.68. The van der Waals surface area contributed by atoms with E-state index in [9.17, 15) is 0 Å². The van der Waals surface area contributed by atoms with Crippen molar-refractivity contribution in [2.75, 3.05) is 0 Å². The van der Waals surface area contributed by atoms with E-state index in [-0.39, 0.29) is 0 Å². The first kappa shape index (κ1) is 6.90. The molecule has 0 radical (unpaired) electrons. The van der Waals surface area contributed by atoms with Crippen LogP contribution in [0.5, 0.6) is 0 Å². The van der Waals surface area contributed by atoms with Crippen LogP contribution in [-0.2, 0) is 0 Å². The lowest BCUT2D eigenvalue weighted by Gasteiger charge is -2.34. The fourth-order valence-corrected chi connectivity index (χ4v) is 1.86. The molecule has 0 heterocycles. The summed E-state index contributed by atoms with van der Waals surface area (Å²) in [4.78, 5) is 0. The zero-order valence-electron chi connectivity index (χ0n) is 6.96. The molecule has 0 aromatic heterocycles. The molecule has 1 aliphatic carbocycles. The topological polar surface area (TPSA) is 0 Å². The van der Waals surface area contributed by atoms with Crippen LogP contribution in [0.1, 0.15) is 31.2 Å². The Morgan fingerprint density at radius 1 is 1.09 bits per heavy atom. The molecule has 0 saturated heterocycles. The van der Waals surface area contributed by atoms with Gasteiger partial charge in [-0.2, -0.15) is 0 Å². The van der Waals surface area contributed by atoms with Gasteiger partial charge in [0.1, 0.15) is 0 Å². The van der Waals surface area contributed by atoms with Gasteiger partial charge in [-0.3, -0.25) is 0 Å². The van der Waals surface area contributed by atoms with Crippen LogP contribution in [0.2, 0.25) is 0 Å². The van der Waals surface area contributed by atoms with Gasteiger partial charge < -0.3 is 0 Å². The second-order valence-corrected chi connectivity index (χ2v) is 3.57. The Bertz CT molecular complexity index is 225. The largest absolute Gasteiger partial charge is 0.0622 e. The molecule has 11 heavy (non-hydrogen) atoms. The Morgan fingerprint density at radius 2 is 1.82 bits per heavy atom. The van der Waals surface area contributed by atoms with E-state index in [1.165, 1.54) is 18.4 Å². The quantitative estimate of drug-likeness (QED) is 0.570. The molecule has 0 aliphatic heterocycles. The number of benzene rings is 1. The molecular formula is C11H14. The molecular weight excluding hydrogens is 132 g/mol. The minimum atomic E-state index is 0.858. The average molecular weight is 146 g/mol. The van der Waals surface area contributed by atoms with Crippen molar-refractivity contribution in [1.82, 2.24) is 0 Å². The minimum absolute atomic E-state index is 0.858. The number of rotatable bonds is 1. The summed E-state index contributed by atoms with van der Waals surface area (Å²) in [5.41, 5.74) is 1.53. The van der Waals surface area contributed by atoms with Crippen LogP contribution in [0.3, 0.4) is 0 Å². The Kier molecular flexibility index (Phi) is 1.69. The van der Waals surface area contributed by atoms with Gasteiger partial charge in [-0.15, -0.1) is 0 Å². The molecule has 0 spiro atoms. The van der Waals surface area contributed by atoms with Gasteiger partial charge in [0.25, 0.3) is 0 Å². The molecule has 1 aliphatic rings. The average Bonchev–Trinajstić information content (AvgIpc) is 2.04. The number of hydrogen-bond acceptors (Lipinski definition) is 0. The second kappa shape index (κ2) is 2.69. The Morgan fingerprint density at radius 3 is 2.27 bits per heavy atom. The van der Waals surface area contributed by atoms with Crippen molar-refractivity contribution in [3.8, 4) is 0 Å². The summed E-state index contributed by atoms with van der Waals surface area (Å²) >= 11 is 0. The smallest absolute Gasteiger partial charge is 0.0136 e. The van der Waals surface area contributed by atoms with Crippen LogP contribution >= 0.6 is 0 Å². The third-order valence-corrected chi connectivity index (χ3v) is 2.85. The second-order valence-electron chi connectivity index (χ2n) is 3.57. The SMILES string of the molecule is C[C@H]1CC[C@@H]1c1ccccc1. The highest BCUT2D eigenvalue weighted by atomic mass is 14.3. The molecule has 1 saturated carbocycles. The molecule has 1 aromatic rings. The normalized spacial score (nSPS) is 29.5. The highest BCUT2D eigenvalue weighted by Crippen LogP contribution is 2.41. The zero-order valence-corrected chi connectivity index (χ0v) is 6.96. The van der Waals surface area contributed by atoms with Crippen LogP contribution in [0.4, 0.5) is 0 Å². The van der Waals surface area contributed by atoms with Gasteiger partial charge in [0.15, 0.2) is 0 Å². The van der Waals surface area contributed by atoms with Gasteiger partial charge >= 0.3 is 0 Å². The van der Waals surface area contributed by atoms with E-state index in [1.807, 2.05) is 0 Å². The van der Waals surface area contributed by atoms with Gasteiger partial charge in [0.2, 0.25) is 0 Å². The molecule has 2 rings (SSSR count). The monoisotopic (exact) mass is 146 g/mol. The Balaban J connectivity index is 2.17. The first-order chi connectivity index (χ1) is 5.38. The van der Waals surface area contributed by atoms with Crippen LogP contribution in [0.15, 0.2) is 30.3 Å².